The van der Waals surface area contributed by atoms with Crippen LogP contribution in [0.15, 0.2) is 53.4 Å². The van der Waals surface area contributed by atoms with Gasteiger partial charge in [0.25, 0.3) is 0 Å². The predicted octanol–water partition coefficient (Wildman–Crippen LogP) is 3.10. The monoisotopic (exact) mass is 457 g/mol. The zero-order valence-corrected chi connectivity index (χ0v) is 18.3. The first-order valence-corrected chi connectivity index (χ1v) is 10.9. The van der Waals surface area contributed by atoms with Gasteiger partial charge in [-0.05, 0) is 31.2 Å². The van der Waals surface area contributed by atoms with Gasteiger partial charge >= 0.3 is 0 Å². The van der Waals surface area contributed by atoms with Crippen LogP contribution in [0.5, 0.6) is 0 Å². The van der Waals surface area contributed by atoms with Gasteiger partial charge in [-0.25, -0.2) is 8.42 Å². The summed E-state index contributed by atoms with van der Waals surface area (Å²) < 4.78 is 26.1. The summed E-state index contributed by atoms with van der Waals surface area (Å²) in [4.78, 5) is 26.2. The van der Waals surface area contributed by atoms with Gasteiger partial charge in [-0.15, -0.1) is 0 Å². The molecule has 2 aromatic rings. The zero-order valence-electron chi connectivity index (χ0n) is 15.9. The summed E-state index contributed by atoms with van der Waals surface area (Å²) in [5, 5.41) is 3.12. The molecule has 0 spiro atoms. The minimum atomic E-state index is -3.81. The highest BCUT2D eigenvalue weighted by Gasteiger charge is 2.25. The number of nitrogens with one attached hydrogen (secondary N) is 1. The second kappa shape index (κ2) is 10.1. The summed E-state index contributed by atoms with van der Waals surface area (Å²) in [6.45, 7) is 1.25. The lowest BCUT2D eigenvalue weighted by molar-refractivity contribution is -0.134. The van der Waals surface area contributed by atoms with Crippen LogP contribution in [0, 0.1) is 0 Å². The summed E-state index contributed by atoms with van der Waals surface area (Å²) in [6.07, 6.45) is 0. The topological polar surface area (TPSA) is 86.8 Å². The molecule has 2 rings (SSSR count). The number of rotatable bonds is 8. The van der Waals surface area contributed by atoms with Gasteiger partial charge in [0.2, 0.25) is 21.8 Å². The molecule has 156 valence electrons. The molecule has 29 heavy (non-hydrogen) atoms. The van der Waals surface area contributed by atoms with Crippen molar-refractivity contribution in [2.45, 2.75) is 11.8 Å². The number of nitrogens with zero attached hydrogens (tertiary/aromatic N) is 2. The molecule has 0 unspecified atom stereocenters. The number of carbonyl (C=O) groups excluding carboxylic acids is 2. The van der Waals surface area contributed by atoms with E-state index in [0.29, 0.717) is 0 Å². The van der Waals surface area contributed by atoms with E-state index in [1.54, 1.807) is 43.3 Å². The van der Waals surface area contributed by atoms with Gasteiger partial charge in [-0.1, -0.05) is 47.5 Å². The number of anilines is 1. The molecule has 0 heterocycles. The number of likely N-dealkylation sites (N-methyl/N-ethyl adjacent to an activating group) is 2. The van der Waals surface area contributed by atoms with Crippen molar-refractivity contribution in [3.63, 3.8) is 0 Å². The maximum Gasteiger partial charge on any atom is 0.244 e. The molecule has 0 bridgehead atoms. The molecule has 10 heteroatoms. The summed E-state index contributed by atoms with van der Waals surface area (Å²) in [7, 11) is -2.50. The van der Waals surface area contributed by atoms with Crippen molar-refractivity contribution in [2.75, 3.05) is 32.0 Å². The Morgan fingerprint density at radius 1 is 0.966 bits per heavy atom. The molecule has 0 fully saturated rings. The van der Waals surface area contributed by atoms with E-state index < -0.39 is 28.4 Å². The number of para-hydroxylation sites is 1. The van der Waals surface area contributed by atoms with Crippen LogP contribution in [0.3, 0.4) is 0 Å². The van der Waals surface area contributed by atoms with E-state index >= 15 is 0 Å². The van der Waals surface area contributed by atoms with Gasteiger partial charge in [-0.3, -0.25) is 9.59 Å². The van der Waals surface area contributed by atoms with Crippen LogP contribution in [0.2, 0.25) is 10.0 Å². The van der Waals surface area contributed by atoms with E-state index in [1.165, 1.54) is 24.1 Å². The number of sulfonamides is 1. The predicted molar refractivity (Wildman–Crippen MR) is 114 cm³/mol. The second-order valence-corrected chi connectivity index (χ2v) is 8.99. The van der Waals surface area contributed by atoms with Crippen LogP contribution in [-0.4, -0.2) is 56.1 Å². The lowest BCUT2D eigenvalue weighted by Gasteiger charge is -2.24. The highest BCUT2D eigenvalue weighted by Crippen LogP contribution is 2.29. The molecule has 0 aliphatic rings. The fourth-order valence-electron chi connectivity index (χ4n) is 2.49. The molecule has 1 N–H and O–H groups in total. The van der Waals surface area contributed by atoms with Crippen molar-refractivity contribution in [3.05, 3.63) is 58.6 Å². The minimum Gasteiger partial charge on any atom is -0.333 e. The maximum absolute atomic E-state index is 12.6. The average molecular weight is 458 g/mol. The normalized spacial score (nSPS) is 11.3. The Morgan fingerprint density at radius 2 is 1.55 bits per heavy atom. The summed E-state index contributed by atoms with van der Waals surface area (Å²) in [6, 6.07) is 12.6. The van der Waals surface area contributed by atoms with Crippen molar-refractivity contribution in [1.82, 2.24) is 9.21 Å². The lowest BCUT2D eigenvalue weighted by Crippen LogP contribution is -2.44. The molecule has 0 atom stereocenters. The fourth-order valence-corrected chi connectivity index (χ4v) is 4.13. The van der Waals surface area contributed by atoms with Crippen LogP contribution in [-0.2, 0) is 19.6 Å². The number of benzene rings is 2. The van der Waals surface area contributed by atoms with Gasteiger partial charge in [0.15, 0.2) is 0 Å². The maximum atomic E-state index is 12.6. The number of halogens is 2. The standard InChI is InChI=1S/C19H21Cl2N3O4S/c1-3-24(12-17(25)22-19-15(20)10-7-11-16(19)21)18(26)13-23(2)29(27,28)14-8-5-4-6-9-14/h4-11H,3,12-13H2,1-2H3,(H,22,25). The van der Waals surface area contributed by atoms with Gasteiger partial charge in [0.1, 0.15) is 0 Å². The molecule has 2 aromatic carbocycles. The van der Waals surface area contributed by atoms with Crippen LogP contribution in [0.4, 0.5) is 5.69 Å². The van der Waals surface area contributed by atoms with E-state index in [2.05, 4.69) is 5.32 Å². The first kappa shape index (κ1) is 23.2. The van der Waals surface area contributed by atoms with Crippen LogP contribution >= 0.6 is 23.2 Å². The lowest BCUT2D eigenvalue weighted by atomic mass is 10.3. The number of amides is 2. The van der Waals surface area contributed by atoms with Gasteiger partial charge in [0, 0.05) is 13.6 Å². The molecule has 2 amide bonds. The molecule has 0 aliphatic heterocycles. The molecule has 0 saturated carbocycles. The van der Waals surface area contributed by atoms with Crippen LogP contribution < -0.4 is 5.32 Å². The number of hydrogen-bond donors (Lipinski definition) is 1. The molecular weight excluding hydrogens is 437 g/mol. The van der Waals surface area contributed by atoms with Crippen LogP contribution in [0.1, 0.15) is 6.92 Å². The largest absolute Gasteiger partial charge is 0.333 e. The third kappa shape index (κ3) is 5.93. The molecule has 0 radical (unpaired) electrons. The quantitative estimate of drug-likeness (QED) is 0.659. The summed E-state index contributed by atoms with van der Waals surface area (Å²) >= 11 is 12.1. The Morgan fingerprint density at radius 3 is 2.10 bits per heavy atom. The van der Waals surface area contributed by atoms with Gasteiger partial charge < -0.3 is 10.2 Å². The molecular formula is C19H21Cl2N3O4S. The highest BCUT2D eigenvalue weighted by atomic mass is 35.5. The van der Waals surface area contributed by atoms with Gasteiger partial charge in [0.05, 0.1) is 33.7 Å². The van der Waals surface area contributed by atoms with E-state index in [0.717, 1.165) is 4.31 Å². The Kier molecular flexibility index (Phi) is 8.04. The molecule has 7 nitrogen and oxygen atoms in total. The first-order chi connectivity index (χ1) is 13.7. The van der Waals surface area contributed by atoms with Crippen molar-refractivity contribution in [3.8, 4) is 0 Å². The average Bonchev–Trinajstić information content (AvgIpc) is 2.69. The van der Waals surface area contributed by atoms with Crippen molar-refractivity contribution < 1.29 is 18.0 Å². The highest BCUT2D eigenvalue weighted by molar-refractivity contribution is 7.89. The molecule has 0 saturated heterocycles. The number of hydrogen-bond acceptors (Lipinski definition) is 4. The molecule has 0 aromatic heterocycles. The Labute approximate surface area is 180 Å². The SMILES string of the molecule is CCN(CC(=O)Nc1c(Cl)cccc1Cl)C(=O)CN(C)S(=O)(=O)c1ccccc1. The number of carbonyl (C=O) groups is 2. The van der Waals surface area contributed by atoms with E-state index in [9.17, 15) is 18.0 Å². The third-order valence-electron chi connectivity index (χ3n) is 4.11. The minimum absolute atomic E-state index is 0.0875. The summed E-state index contributed by atoms with van der Waals surface area (Å²) in [5.74, 6) is -1.00. The Bertz CT molecular complexity index is 964. The fraction of sp³-hybridized carbons (Fsp3) is 0.263. The summed E-state index contributed by atoms with van der Waals surface area (Å²) in [5.41, 5.74) is 0.258. The second-order valence-electron chi connectivity index (χ2n) is 6.13. The van der Waals surface area contributed by atoms with Crippen molar-refractivity contribution in [1.29, 1.82) is 0 Å². The van der Waals surface area contributed by atoms with E-state index in [4.69, 9.17) is 23.2 Å². The molecule has 0 aliphatic carbocycles. The Hall–Kier alpha value is -2.13. The smallest absolute Gasteiger partial charge is 0.244 e. The van der Waals surface area contributed by atoms with E-state index in [1.807, 2.05) is 0 Å². The van der Waals surface area contributed by atoms with E-state index in [-0.39, 0.29) is 33.7 Å². The van der Waals surface area contributed by atoms with Crippen molar-refractivity contribution >= 4 is 50.7 Å². The Balaban J connectivity index is 2.04. The van der Waals surface area contributed by atoms with Crippen LogP contribution in [0.25, 0.3) is 0 Å². The first-order valence-electron chi connectivity index (χ1n) is 8.69. The zero-order chi connectivity index (χ0) is 21.6. The van der Waals surface area contributed by atoms with Gasteiger partial charge in [-0.2, -0.15) is 4.31 Å². The van der Waals surface area contributed by atoms with Crippen molar-refractivity contribution in [2.24, 2.45) is 0 Å². The third-order valence-corrected chi connectivity index (χ3v) is 6.55.